The Balaban J connectivity index is 1.65. The lowest BCUT2D eigenvalue weighted by Gasteiger charge is -2.35. The zero-order chi connectivity index (χ0) is 14.9. The fraction of sp³-hybridized carbons (Fsp3) is 0.400. The molecule has 1 aliphatic heterocycles. The number of benzene rings is 2. The molecule has 1 heterocycles. The highest BCUT2D eigenvalue weighted by Crippen LogP contribution is 2.38. The van der Waals surface area contributed by atoms with Gasteiger partial charge in [0.25, 0.3) is 0 Å². The summed E-state index contributed by atoms with van der Waals surface area (Å²) in [7, 11) is 0. The van der Waals surface area contributed by atoms with Gasteiger partial charge in [-0.15, -0.1) is 0 Å². The van der Waals surface area contributed by atoms with Gasteiger partial charge in [0.1, 0.15) is 0 Å². The second kappa shape index (κ2) is 5.86. The fourth-order valence-corrected chi connectivity index (χ4v) is 4.07. The molecule has 1 aliphatic carbocycles. The third kappa shape index (κ3) is 2.37. The van der Waals surface area contributed by atoms with Crippen molar-refractivity contribution in [3.8, 4) is 11.1 Å². The van der Waals surface area contributed by atoms with Crippen LogP contribution in [0.4, 0.5) is 0 Å². The molecule has 4 rings (SSSR count). The third-order valence-corrected chi connectivity index (χ3v) is 5.18. The number of nitrogens with zero attached hydrogens (tertiary/aromatic N) is 1. The molecule has 2 aromatic rings. The number of rotatable bonds is 3. The Kier molecular flexibility index (Phi) is 3.73. The second-order valence-corrected chi connectivity index (χ2v) is 6.46. The summed E-state index contributed by atoms with van der Waals surface area (Å²) in [6, 6.07) is 16.6. The molecule has 2 aliphatic rings. The molecule has 1 saturated heterocycles. The Labute approximate surface area is 133 Å². The van der Waals surface area contributed by atoms with Crippen LogP contribution in [-0.4, -0.2) is 31.1 Å². The summed E-state index contributed by atoms with van der Waals surface area (Å²) in [4.78, 5) is 2.64. The van der Waals surface area contributed by atoms with Gasteiger partial charge in [0.15, 0.2) is 0 Å². The van der Waals surface area contributed by atoms with Gasteiger partial charge in [-0.3, -0.25) is 4.90 Å². The molecule has 0 saturated carbocycles. The maximum Gasteiger partial charge on any atom is 0.0346 e. The van der Waals surface area contributed by atoms with E-state index in [-0.39, 0.29) is 0 Å². The van der Waals surface area contributed by atoms with Crippen LogP contribution in [0.15, 0.2) is 42.5 Å². The van der Waals surface area contributed by atoms with Crippen LogP contribution in [0.25, 0.3) is 11.1 Å². The van der Waals surface area contributed by atoms with Gasteiger partial charge < -0.3 is 5.32 Å². The van der Waals surface area contributed by atoms with Crippen molar-refractivity contribution in [1.29, 1.82) is 0 Å². The Hall–Kier alpha value is -1.64. The lowest BCUT2D eigenvalue weighted by molar-refractivity contribution is 0.169. The van der Waals surface area contributed by atoms with Crippen LogP contribution in [0.2, 0.25) is 0 Å². The first-order valence-corrected chi connectivity index (χ1v) is 8.52. The first kappa shape index (κ1) is 14.0. The molecule has 0 unspecified atom stereocenters. The van der Waals surface area contributed by atoms with Crippen LogP contribution >= 0.6 is 0 Å². The van der Waals surface area contributed by atoms with Crippen LogP contribution in [0.3, 0.4) is 0 Å². The summed E-state index contributed by atoms with van der Waals surface area (Å²) in [6.45, 7) is 6.88. The molecule has 0 radical (unpaired) electrons. The highest BCUT2D eigenvalue weighted by Gasteiger charge is 2.23. The molecule has 0 spiro atoms. The minimum Gasteiger partial charge on any atom is -0.314 e. The smallest absolute Gasteiger partial charge is 0.0346 e. The van der Waals surface area contributed by atoms with Crippen molar-refractivity contribution in [2.75, 3.05) is 26.2 Å². The third-order valence-electron chi connectivity index (χ3n) is 5.18. The molecule has 1 fully saturated rings. The van der Waals surface area contributed by atoms with E-state index in [0.29, 0.717) is 6.04 Å². The summed E-state index contributed by atoms with van der Waals surface area (Å²) in [5.41, 5.74) is 7.35. The van der Waals surface area contributed by atoms with Gasteiger partial charge in [-0.2, -0.15) is 0 Å². The van der Waals surface area contributed by atoms with Gasteiger partial charge in [0.05, 0.1) is 0 Å². The van der Waals surface area contributed by atoms with E-state index in [4.69, 9.17) is 0 Å². The molecule has 0 aromatic heterocycles. The average molecular weight is 292 g/mol. The number of fused-ring (bicyclic) bond motifs is 3. The predicted octanol–water partition coefficient (Wildman–Crippen LogP) is 3.61. The van der Waals surface area contributed by atoms with Gasteiger partial charge in [-0.25, -0.2) is 0 Å². The molecule has 0 bridgehead atoms. The summed E-state index contributed by atoms with van der Waals surface area (Å²) >= 11 is 0. The van der Waals surface area contributed by atoms with E-state index in [0.717, 1.165) is 32.6 Å². The quantitative estimate of drug-likeness (QED) is 0.793. The van der Waals surface area contributed by atoms with Crippen LogP contribution in [0.5, 0.6) is 0 Å². The topological polar surface area (TPSA) is 15.3 Å². The number of nitrogens with one attached hydrogen (secondary N) is 1. The van der Waals surface area contributed by atoms with E-state index in [1.165, 1.54) is 34.2 Å². The molecular formula is C20H24N2. The highest BCUT2D eigenvalue weighted by molar-refractivity contribution is 5.77. The molecule has 2 nitrogen and oxygen atoms in total. The molecule has 2 heteroatoms. The minimum absolute atomic E-state index is 0.566. The zero-order valence-corrected chi connectivity index (χ0v) is 13.3. The zero-order valence-electron chi connectivity index (χ0n) is 13.3. The Morgan fingerprint density at radius 1 is 1.00 bits per heavy atom. The maximum absolute atomic E-state index is 3.46. The predicted molar refractivity (Wildman–Crippen MR) is 92.2 cm³/mol. The number of hydrogen-bond acceptors (Lipinski definition) is 2. The Morgan fingerprint density at radius 3 is 2.59 bits per heavy atom. The van der Waals surface area contributed by atoms with E-state index >= 15 is 0 Å². The van der Waals surface area contributed by atoms with E-state index in [1.807, 2.05) is 0 Å². The van der Waals surface area contributed by atoms with Crippen LogP contribution in [0.1, 0.15) is 36.1 Å². The van der Waals surface area contributed by atoms with Crippen molar-refractivity contribution >= 4 is 0 Å². The van der Waals surface area contributed by atoms with Gasteiger partial charge in [-0.05, 0) is 40.7 Å². The van der Waals surface area contributed by atoms with Crippen LogP contribution in [0, 0.1) is 0 Å². The van der Waals surface area contributed by atoms with E-state index in [2.05, 4.69) is 59.6 Å². The lowest BCUT2D eigenvalue weighted by Crippen LogP contribution is -2.45. The Bertz CT molecular complexity index is 671. The summed E-state index contributed by atoms with van der Waals surface area (Å²) in [5, 5.41) is 3.46. The van der Waals surface area contributed by atoms with Gasteiger partial charge >= 0.3 is 0 Å². The van der Waals surface area contributed by atoms with Crippen LogP contribution < -0.4 is 5.32 Å². The molecule has 1 N–H and O–H groups in total. The first-order chi connectivity index (χ1) is 10.9. The highest BCUT2D eigenvalue weighted by atomic mass is 15.2. The van der Waals surface area contributed by atoms with Gasteiger partial charge in [0, 0.05) is 32.2 Å². The molecular weight excluding hydrogens is 268 g/mol. The lowest BCUT2D eigenvalue weighted by atomic mass is 9.97. The Morgan fingerprint density at radius 2 is 1.77 bits per heavy atom. The SMILES string of the molecule is CC[C@@H](c1ccc2c(c1)Cc1ccccc1-2)N1CCNCC1. The maximum atomic E-state index is 3.46. The van der Waals surface area contributed by atoms with Crippen molar-refractivity contribution in [3.05, 3.63) is 59.2 Å². The van der Waals surface area contributed by atoms with Gasteiger partial charge in [-0.1, -0.05) is 49.4 Å². The molecule has 22 heavy (non-hydrogen) atoms. The van der Waals surface area contributed by atoms with Crippen molar-refractivity contribution in [2.24, 2.45) is 0 Å². The molecule has 1 atom stereocenters. The fourth-order valence-electron chi connectivity index (χ4n) is 4.07. The molecule has 0 amide bonds. The summed E-state index contributed by atoms with van der Waals surface area (Å²) < 4.78 is 0. The van der Waals surface area contributed by atoms with Crippen molar-refractivity contribution in [1.82, 2.24) is 10.2 Å². The minimum atomic E-state index is 0.566. The molecule has 2 aromatic carbocycles. The van der Waals surface area contributed by atoms with E-state index in [9.17, 15) is 0 Å². The van der Waals surface area contributed by atoms with Crippen molar-refractivity contribution in [3.63, 3.8) is 0 Å². The summed E-state index contributed by atoms with van der Waals surface area (Å²) in [5.74, 6) is 0. The average Bonchev–Trinajstić information content (AvgIpc) is 2.94. The van der Waals surface area contributed by atoms with Crippen LogP contribution in [-0.2, 0) is 6.42 Å². The largest absolute Gasteiger partial charge is 0.314 e. The standard InChI is InChI=1S/C20H24N2/c1-2-20(22-11-9-21-10-12-22)16-7-8-19-17(14-16)13-15-5-3-4-6-18(15)19/h3-8,14,20-21H,2,9-13H2,1H3/t20-/m0/s1. The van der Waals surface area contributed by atoms with E-state index < -0.39 is 0 Å². The first-order valence-electron chi connectivity index (χ1n) is 8.52. The van der Waals surface area contributed by atoms with Gasteiger partial charge in [0.2, 0.25) is 0 Å². The summed E-state index contributed by atoms with van der Waals surface area (Å²) in [6.07, 6.45) is 2.28. The monoisotopic (exact) mass is 292 g/mol. The van der Waals surface area contributed by atoms with Crippen molar-refractivity contribution in [2.45, 2.75) is 25.8 Å². The van der Waals surface area contributed by atoms with Crippen molar-refractivity contribution < 1.29 is 0 Å². The second-order valence-electron chi connectivity index (χ2n) is 6.46. The van der Waals surface area contributed by atoms with E-state index in [1.54, 1.807) is 0 Å². The number of hydrogen-bond donors (Lipinski definition) is 1. The normalized spacial score (nSPS) is 18.8. The number of piperazine rings is 1. The molecule has 114 valence electrons.